The van der Waals surface area contributed by atoms with Crippen LogP contribution in [0.5, 0.6) is 0 Å². The van der Waals surface area contributed by atoms with Crippen LogP contribution < -0.4 is 16.0 Å². The highest BCUT2D eigenvalue weighted by Crippen LogP contribution is 2.31. The summed E-state index contributed by atoms with van der Waals surface area (Å²) in [5.74, 6) is -0.776. The summed E-state index contributed by atoms with van der Waals surface area (Å²) >= 11 is 2.84. The second kappa shape index (κ2) is 14.7. The Labute approximate surface area is 270 Å². The van der Waals surface area contributed by atoms with Crippen LogP contribution in [0, 0.1) is 20.8 Å². The summed E-state index contributed by atoms with van der Waals surface area (Å²) in [5, 5.41) is 9.11. The first-order chi connectivity index (χ1) is 21.7. The van der Waals surface area contributed by atoms with Gasteiger partial charge in [0.1, 0.15) is 5.70 Å². The van der Waals surface area contributed by atoms with E-state index >= 15 is 0 Å². The second-order valence-electron chi connectivity index (χ2n) is 10.3. The van der Waals surface area contributed by atoms with Crippen molar-refractivity contribution >= 4 is 57.7 Å². The molecule has 1 aromatic heterocycles. The zero-order valence-corrected chi connectivity index (χ0v) is 26.7. The van der Waals surface area contributed by atoms with Crippen molar-refractivity contribution in [3.05, 3.63) is 136 Å². The molecule has 226 valence electrons. The molecule has 0 aliphatic rings. The third-order valence-corrected chi connectivity index (χ3v) is 8.77. The van der Waals surface area contributed by atoms with E-state index in [1.54, 1.807) is 42.5 Å². The average molecular weight is 633 g/mol. The molecule has 0 saturated carbocycles. The summed E-state index contributed by atoms with van der Waals surface area (Å²) < 4.78 is 0. The fourth-order valence-corrected chi connectivity index (χ4v) is 5.96. The summed E-state index contributed by atoms with van der Waals surface area (Å²) in [7, 11) is 0. The van der Waals surface area contributed by atoms with Gasteiger partial charge in [-0.3, -0.25) is 14.4 Å². The van der Waals surface area contributed by atoms with E-state index in [4.69, 9.17) is 0 Å². The van der Waals surface area contributed by atoms with Gasteiger partial charge >= 0.3 is 0 Å². The standard InChI is InChI=1S/C36H32N4O3S2/c1-23-13-15-26(16-14-23)33-25(3)45-36(40-33)39-32(41)22-44-30-19-17-29(18-20-30)37-35(43)31(21-28-12-8-7-9-24(28)2)38-34(42)27-10-5-4-6-11-27/h4-21H,22H2,1-3H3,(H,37,43)(H,38,42)(H,39,40,41)/b31-21-. The summed E-state index contributed by atoms with van der Waals surface area (Å²) in [4.78, 5) is 45.5. The fraction of sp³-hybridized carbons (Fsp3) is 0.111. The first-order valence-electron chi connectivity index (χ1n) is 14.3. The molecule has 0 fully saturated rings. The number of carbonyl (C=O) groups excluding carboxylic acids is 3. The van der Waals surface area contributed by atoms with Gasteiger partial charge in [0.25, 0.3) is 11.8 Å². The molecule has 0 saturated heterocycles. The molecule has 0 radical (unpaired) electrons. The fourth-order valence-electron chi connectivity index (χ4n) is 4.41. The Morgan fingerprint density at radius 3 is 2.20 bits per heavy atom. The third kappa shape index (κ3) is 8.56. The van der Waals surface area contributed by atoms with Crippen molar-refractivity contribution in [2.45, 2.75) is 25.7 Å². The lowest BCUT2D eigenvalue weighted by molar-refractivity contribution is -0.114. The van der Waals surface area contributed by atoms with Crippen molar-refractivity contribution in [1.29, 1.82) is 0 Å². The van der Waals surface area contributed by atoms with Gasteiger partial charge in [-0.2, -0.15) is 0 Å². The number of anilines is 2. The van der Waals surface area contributed by atoms with Crippen molar-refractivity contribution in [3.8, 4) is 11.3 Å². The molecule has 5 rings (SSSR count). The Morgan fingerprint density at radius 1 is 0.800 bits per heavy atom. The van der Waals surface area contributed by atoms with Crippen LogP contribution in [0.25, 0.3) is 17.3 Å². The van der Waals surface area contributed by atoms with Crippen LogP contribution in [-0.4, -0.2) is 28.5 Å². The molecule has 0 aliphatic heterocycles. The molecule has 0 aliphatic carbocycles. The van der Waals surface area contributed by atoms with Gasteiger partial charge in [0.15, 0.2) is 5.13 Å². The number of rotatable bonds is 10. The van der Waals surface area contributed by atoms with Gasteiger partial charge in [0, 0.05) is 26.6 Å². The molecule has 5 aromatic rings. The van der Waals surface area contributed by atoms with E-state index in [1.165, 1.54) is 28.7 Å². The monoisotopic (exact) mass is 632 g/mol. The molecule has 0 unspecified atom stereocenters. The normalized spacial score (nSPS) is 11.1. The van der Waals surface area contributed by atoms with Crippen molar-refractivity contribution in [1.82, 2.24) is 10.3 Å². The molecule has 0 spiro atoms. The van der Waals surface area contributed by atoms with Gasteiger partial charge in [-0.05, 0) is 74.4 Å². The Balaban J connectivity index is 1.20. The van der Waals surface area contributed by atoms with Gasteiger partial charge in [-0.25, -0.2) is 4.98 Å². The molecule has 0 atom stereocenters. The lowest BCUT2D eigenvalue weighted by Gasteiger charge is -2.12. The molecule has 4 aromatic carbocycles. The Bertz CT molecular complexity index is 1850. The lowest BCUT2D eigenvalue weighted by Crippen LogP contribution is -2.30. The van der Waals surface area contributed by atoms with E-state index in [2.05, 4.69) is 20.9 Å². The molecule has 3 amide bonds. The second-order valence-corrected chi connectivity index (χ2v) is 12.6. The smallest absolute Gasteiger partial charge is 0.272 e. The molecule has 7 nitrogen and oxygen atoms in total. The Kier molecular flexibility index (Phi) is 10.2. The SMILES string of the molecule is Cc1ccc(-c2nc(NC(=O)CSc3ccc(NC(=O)/C(=C/c4ccccc4C)NC(=O)c4ccccc4)cc3)sc2C)cc1. The minimum atomic E-state index is -0.453. The maximum atomic E-state index is 13.3. The first-order valence-corrected chi connectivity index (χ1v) is 16.1. The number of thioether (sulfide) groups is 1. The van der Waals surface area contributed by atoms with Gasteiger partial charge in [0.05, 0.1) is 11.4 Å². The number of nitrogens with one attached hydrogen (secondary N) is 3. The summed E-state index contributed by atoms with van der Waals surface area (Å²) in [6.07, 6.45) is 1.67. The molecule has 45 heavy (non-hydrogen) atoms. The molecule has 0 bridgehead atoms. The predicted molar refractivity (Wildman–Crippen MR) is 185 cm³/mol. The van der Waals surface area contributed by atoms with Crippen molar-refractivity contribution < 1.29 is 14.4 Å². The molecule has 3 N–H and O–H groups in total. The van der Waals surface area contributed by atoms with E-state index in [9.17, 15) is 14.4 Å². The highest BCUT2D eigenvalue weighted by atomic mass is 32.2. The highest BCUT2D eigenvalue weighted by Gasteiger charge is 2.16. The number of hydrogen-bond donors (Lipinski definition) is 3. The Hall–Kier alpha value is -4.99. The van der Waals surface area contributed by atoms with Crippen molar-refractivity contribution in [3.63, 3.8) is 0 Å². The van der Waals surface area contributed by atoms with Crippen LogP contribution in [-0.2, 0) is 9.59 Å². The van der Waals surface area contributed by atoms with E-state index in [-0.39, 0.29) is 23.3 Å². The van der Waals surface area contributed by atoms with Crippen LogP contribution in [0.15, 0.2) is 114 Å². The molecule has 1 heterocycles. The van der Waals surface area contributed by atoms with E-state index < -0.39 is 5.91 Å². The number of hydrogen-bond acceptors (Lipinski definition) is 6. The van der Waals surface area contributed by atoms with Crippen molar-refractivity contribution in [2.75, 3.05) is 16.4 Å². The van der Waals surface area contributed by atoms with Crippen LogP contribution in [0.4, 0.5) is 10.8 Å². The van der Waals surface area contributed by atoms with E-state index in [1.807, 2.05) is 87.5 Å². The molecular weight excluding hydrogens is 601 g/mol. The summed E-state index contributed by atoms with van der Waals surface area (Å²) in [5.41, 5.74) is 5.99. The van der Waals surface area contributed by atoms with Crippen LogP contribution in [0.3, 0.4) is 0 Å². The minimum absolute atomic E-state index is 0.122. The summed E-state index contributed by atoms with van der Waals surface area (Å²) in [6.45, 7) is 5.98. The topological polar surface area (TPSA) is 100 Å². The largest absolute Gasteiger partial charge is 0.321 e. The predicted octanol–water partition coefficient (Wildman–Crippen LogP) is 7.88. The molecule has 9 heteroatoms. The van der Waals surface area contributed by atoms with Gasteiger partial charge in [-0.15, -0.1) is 23.1 Å². The van der Waals surface area contributed by atoms with E-state index in [0.717, 1.165) is 32.2 Å². The number of aryl methyl sites for hydroxylation is 3. The van der Waals surface area contributed by atoms with Crippen LogP contribution in [0.2, 0.25) is 0 Å². The van der Waals surface area contributed by atoms with Gasteiger partial charge < -0.3 is 16.0 Å². The first kappa shape index (κ1) is 31.4. The average Bonchev–Trinajstić information content (AvgIpc) is 3.41. The van der Waals surface area contributed by atoms with Gasteiger partial charge in [-0.1, -0.05) is 72.3 Å². The van der Waals surface area contributed by atoms with Gasteiger partial charge in [0.2, 0.25) is 5.91 Å². The molecular formula is C36H32N4O3S2. The zero-order valence-electron chi connectivity index (χ0n) is 25.1. The number of amides is 3. The maximum Gasteiger partial charge on any atom is 0.272 e. The maximum absolute atomic E-state index is 13.3. The van der Waals surface area contributed by atoms with Crippen LogP contribution >= 0.6 is 23.1 Å². The highest BCUT2D eigenvalue weighted by molar-refractivity contribution is 8.00. The lowest BCUT2D eigenvalue weighted by atomic mass is 10.1. The van der Waals surface area contributed by atoms with Crippen molar-refractivity contribution in [2.24, 2.45) is 0 Å². The summed E-state index contributed by atoms with van der Waals surface area (Å²) in [6, 6.07) is 31.7. The minimum Gasteiger partial charge on any atom is -0.321 e. The third-order valence-electron chi connectivity index (χ3n) is 6.87. The van der Waals surface area contributed by atoms with Crippen LogP contribution in [0.1, 0.15) is 31.9 Å². The zero-order chi connectivity index (χ0) is 31.8. The number of benzene rings is 4. The number of carbonyl (C=O) groups is 3. The van der Waals surface area contributed by atoms with E-state index in [0.29, 0.717) is 16.4 Å². The number of aromatic nitrogens is 1. The number of nitrogens with zero attached hydrogens (tertiary/aromatic N) is 1. The Morgan fingerprint density at radius 2 is 1.49 bits per heavy atom. The number of thiazole rings is 1. The quantitative estimate of drug-likeness (QED) is 0.107.